The fraction of sp³-hybridized carbons (Fsp3) is 0.769. The number of fused-ring (bicyclic) bond motifs is 7. The lowest BCUT2D eigenvalue weighted by Crippen LogP contribution is -2.69. The van der Waals surface area contributed by atoms with Gasteiger partial charge in [0.1, 0.15) is 12.8 Å². The predicted octanol–water partition coefficient (Wildman–Crippen LogP) is 2.13. The molecule has 5 aliphatic rings. The Labute approximate surface area is 210 Å². The van der Waals surface area contributed by atoms with Crippen LogP contribution in [-0.4, -0.2) is 77.4 Å². The Morgan fingerprint density at radius 2 is 1.92 bits per heavy atom. The summed E-state index contributed by atoms with van der Waals surface area (Å²) >= 11 is 0. The van der Waals surface area contributed by atoms with Crippen molar-refractivity contribution in [2.24, 2.45) is 34.0 Å². The molecule has 0 radical (unpaired) electrons. The molecule has 36 heavy (non-hydrogen) atoms. The van der Waals surface area contributed by atoms with Crippen LogP contribution in [-0.2, 0) is 19.6 Å². The number of rotatable bonds is 4. The van der Waals surface area contributed by atoms with Crippen molar-refractivity contribution in [3.63, 3.8) is 0 Å². The van der Waals surface area contributed by atoms with E-state index < -0.39 is 85.4 Å². The van der Waals surface area contributed by atoms with E-state index in [0.29, 0.717) is 6.42 Å². The van der Waals surface area contributed by atoms with E-state index in [2.05, 4.69) is 0 Å². The topological polar surface area (TPSA) is 112 Å². The molecule has 0 unspecified atom stereocenters. The standard InChI is InChI=1S/C26H35F2NO6S/c1-14(2)36(34,35)29-11-15-7-17-18-9-20(27)19-8-16(31)5-6-23(19,3)26(18,28)21(32)10-24(17,4)25(15,13-29)22(33)12-30/h5-6,8,14-15,17-18,20-21,30,32H,7,9-13H2,1-4H3/t15-,17-,18-,20-,21-,23-,24-,25+,26-/m0/s1. The number of nitrogens with zero attached hydrogens (tertiary/aromatic N) is 1. The van der Waals surface area contributed by atoms with E-state index in [0.717, 1.165) is 6.08 Å². The average Bonchev–Trinajstić information content (AvgIpc) is 3.31. The average molecular weight is 528 g/mol. The highest BCUT2D eigenvalue weighted by atomic mass is 32.2. The second-order valence-corrected chi connectivity index (χ2v) is 14.7. The summed E-state index contributed by atoms with van der Waals surface area (Å²) in [5.41, 5.74) is -6.12. The van der Waals surface area contributed by atoms with Crippen LogP contribution in [0.1, 0.15) is 47.0 Å². The molecule has 4 fully saturated rings. The summed E-state index contributed by atoms with van der Waals surface area (Å²) < 4.78 is 60.3. The number of ketones is 2. The van der Waals surface area contributed by atoms with Crippen LogP contribution in [0, 0.1) is 34.0 Å². The van der Waals surface area contributed by atoms with Crippen LogP contribution in [0.2, 0.25) is 0 Å². The van der Waals surface area contributed by atoms with Gasteiger partial charge in [-0.05, 0) is 75.0 Å². The first-order chi connectivity index (χ1) is 16.6. The highest BCUT2D eigenvalue weighted by molar-refractivity contribution is 7.89. The maximum absolute atomic E-state index is 17.3. The van der Waals surface area contributed by atoms with Gasteiger partial charge >= 0.3 is 0 Å². The van der Waals surface area contributed by atoms with Gasteiger partial charge in [-0.1, -0.05) is 13.0 Å². The number of sulfonamides is 1. The van der Waals surface area contributed by atoms with E-state index in [4.69, 9.17) is 0 Å². The van der Waals surface area contributed by atoms with Gasteiger partial charge in [-0.2, -0.15) is 0 Å². The number of aliphatic hydroxyl groups excluding tert-OH is 2. The molecular weight excluding hydrogens is 492 g/mol. The zero-order valence-electron chi connectivity index (χ0n) is 21.1. The Morgan fingerprint density at radius 3 is 2.53 bits per heavy atom. The first-order valence-corrected chi connectivity index (χ1v) is 14.2. The molecule has 2 N–H and O–H groups in total. The van der Waals surface area contributed by atoms with E-state index in [1.54, 1.807) is 20.8 Å². The molecule has 0 aromatic rings. The lowest BCUT2D eigenvalue weighted by atomic mass is 9.43. The SMILES string of the molecule is CC(C)S(=O)(=O)N1C[C@@H]2C[C@H]3[C@@H]4C[C@H](F)C5=CC(=O)C=C[C@]5(C)[C@@]4(F)[C@@H](O)C[C@]3(C)[C@]2(C(=O)CO)C1. The van der Waals surface area contributed by atoms with Gasteiger partial charge < -0.3 is 10.2 Å². The first-order valence-electron chi connectivity index (χ1n) is 12.7. The number of aliphatic hydroxyl groups is 2. The summed E-state index contributed by atoms with van der Waals surface area (Å²) in [6.07, 6.45) is 0.476. The lowest BCUT2D eigenvalue weighted by molar-refractivity contribution is -0.211. The third-order valence-electron chi connectivity index (χ3n) is 10.7. The van der Waals surface area contributed by atoms with Gasteiger partial charge in [0.25, 0.3) is 0 Å². The molecule has 0 bridgehead atoms. The molecule has 5 rings (SSSR count). The smallest absolute Gasteiger partial charge is 0.216 e. The molecule has 9 atom stereocenters. The fourth-order valence-electron chi connectivity index (χ4n) is 8.87. The third kappa shape index (κ3) is 2.85. The summed E-state index contributed by atoms with van der Waals surface area (Å²) in [7, 11) is -3.70. The number of allylic oxidation sites excluding steroid dienone is 4. The second-order valence-electron chi connectivity index (χ2n) is 12.2. The van der Waals surface area contributed by atoms with E-state index in [9.17, 15) is 28.2 Å². The van der Waals surface area contributed by atoms with Crippen LogP contribution in [0.25, 0.3) is 0 Å². The van der Waals surface area contributed by atoms with Crippen molar-refractivity contribution >= 4 is 21.6 Å². The van der Waals surface area contributed by atoms with Crippen molar-refractivity contribution in [2.45, 2.75) is 70.2 Å². The summed E-state index contributed by atoms with van der Waals surface area (Å²) in [4.78, 5) is 25.5. The van der Waals surface area contributed by atoms with Gasteiger partial charge in [-0.3, -0.25) is 9.59 Å². The minimum absolute atomic E-state index is 0.0324. The largest absolute Gasteiger partial charge is 0.390 e. The minimum Gasteiger partial charge on any atom is -0.390 e. The van der Waals surface area contributed by atoms with Crippen molar-refractivity contribution in [2.75, 3.05) is 19.7 Å². The van der Waals surface area contributed by atoms with Crippen molar-refractivity contribution in [1.29, 1.82) is 0 Å². The molecule has 1 heterocycles. The molecule has 4 aliphatic carbocycles. The quantitative estimate of drug-likeness (QED) is 0.580. The zero-order chi connectivity index (χ0) is 26.6. The third-order valence-corrected chi connectivity index (χ3v) is 12.9. The number of alkyl halides is 2. The minimum atomic E-state index is -3.70. The van der Waals surface area contributed by atoms with Gasteiger partial charge in [0.2, 0.25) is 10.0 Å². The normalized spacial score (nSPS) is 48.3. The summed E-state index contributed by atoms with van der Waals surface area (Å²) in [6, 6.07) is 0. The van der Waals surface area contributed by atoms with Crippen LogP contribution in [0.15, 0.2) is 23.8 Å². The Kier molecular flexibility index (Phi) is 5.64. The van der Waals surface area contributed by atoms with Crippen LogP contribution in [0.5, 0.6) is 0 Å². The Morgan fingerprint density at radius 1 is 1.25 bits per heavy atom. The number of carbonyl (C=O) groups excluding carboxylic acids is 2. The van der Waals surface area contributed by atoms with Gasteiger partial charge in [0.05, 0.1) is 16.8 Å². The van der Waals surface area contributed by atoms with E-state index in [1.165, 1.54) is 23.4 Å². The van der Waals surface area contributed by atoms with Crippen molar-refractivity contribution < 1.29 is 37.0 Å². The van der Waals surface area contributed by atoms with Crippen molar-refractivity contribution in [1.82, 2.24) is 4.31 Å². The lowest BCUT2D eigenvalue weighted by Gasteiger charge is -2.63. The maximum atomic E-state index is 17.3. The molecule has 0 aromatic carbocycles. The number of carbonyl (C=O) groups is 2. The van der Waals surface area contributed by atoms with E-state index in [-0.39, 0.29) is 31.5 Å². The molecule has 1 aliphatic heterocycles. The molecule has 200 valence electrons. The van der Waals surface area contributed by atoms with Crippen molar-refractivity contribution in [3.8, 4) is 0 Å². The molecule has 3 saturated carbocycles. The summed E-state index contributed by atoms with van der Waals surface area (Å²) in [6.45, 7) is 5.56. The monoisotopic (exact) mass is 527 g/mol. The molecule has 0 aromatic heterocycles. The van der Waals surface area contributed by atoms with Crippen LogP contribution in [0.4, 0.5) is 8.78 Å². The molecule has 10 heteroatoms. The molecular formula is C26H35F2NO6S. The Balaban J connectivity index is 1.63. The molecule has 1 saturated heterocycles. The summed E-state index contributed by atoms with van der Waals surface area (Å²) in [5.74, 6) is -2.89. The first kappa shape index (κ1) is 26.1. The number of hydrogen-bond donors (Lipinski definition) is 2. The molecule has 7 nitrogen and oxygen atoms in total. The van der Waals surface area contributed by atoms with Gasteiger partial charge in [-0.25, -0.2) is 21.5 Å². The predicted molar refractivity (Wildman–Crippen MR) is 128 cm³/mol. The highest BCUT2D eigenvalue weighted by Crippen LogP contribution is 2.74. The van der Waals surface area contributed by atoms with Crippen LogP contribution < -0.4 is 0 Å². The molecule has 0 spiro atoms. The van der Waals surface area contributed by atoms with E-state index >= 15 is 8.78 Å². The Bertz CT molecular complexity index is 1180. The maximum Gasteiger partial charge on any atom is 0.216 e. The van der Waals surface area contributed by atoms with Crippen LogP contribution >= 0.6 is 0 Å². The number of halogens is 2. The Hall–Kier alpha value is -1.49. The zero-order valence-corrected chi connectivity index (χ0v) is 21.9. The van der Waals surface area contributed by atoms with E-state index in [1.807, 2.05) is 0 Å². The fourth-order valence-corrected chi connectivity index (χ4v) is 10.2. The van der Waals surface area contributed by atoms with Crippen LogP contribution in [0.3, 0.4) is 0 Å². The van der Waals surface area contributed by atoms with Crippen molar-refractivity contribution in [3.05, 3.63) is 23.8 Å². The second kappa shape index (κ2) is 7.77. The highest BCUT2D eigenvalue weighted by Gasteiger charge is 2.78. The van der Waals surface area contributed by atoms with Gasteiger partial charge in [-0.15, -0.1) is 0 Å². The number of hydrogen-bond acceptors (Lipinski definition) is 6. The molecule has 0 amide bonds. The summed E-state index contributed by atoms with van der Waals surface area (Å²) in [5, 5.41) is 20.8. The van der Waals surface area contributed by atoms with Gasteiger partial charge in [0, 0.05) is 24.4 Å². The van der Waals surface area contributed by atoms with Gasteiger partial charge in [0.15, 0.2) is 17.2 Å². The number of Topliss-reactive ketones (excluding diaryl/α,β-unsaturated/α-hetero) is 1.